The first-order valence-electron chi connectivity index (χ1n) is 6.78. The van der Waals surface area contributed by atoms with Crippen LogP contribution in [0.1, 0.15) is 24.9 Å². The van der Waals surface area contributed by atoms with Crippen LogP contribution in [0.3, 0.4) is 0 Å². The molecule has 2 unspecified atom stereocenters. The molecule has 0 bridgehead atoms. The van der Waals surface area contributed by atoms with Gasteiger partial charge in [-0.25, -0.2) is 4.39 Å². The van der Waals surface area contributed by atoms with Gasteiger partial charge in [0.2, 0.25) is 0 Å². The highest BCUT2D eigenvalue weighted by Gasteiger charge is 2.20. The van der Waals surface area contributed by atoms with Crippen LogP contribution < -0.4 is 5.73 Å². The molecule has 0 aliphatic carbocycles. The van der Waals surface area contributed by atoms with Crippen LogP contribution in [0, 0.1) is 5.82 Å². The minimum atomic E-state index is -0.206. The summed E-state index contributed by atoms with van der Waals surface area (Å²) in [5.41, 5.74) is 7.17. The average molecular weight is 267 g/mol. The molecule has 19 heavy (non-hydrogen) atoms. The summed E-state index contributed by atoms with van der Waals surface area (Å²) in [7, 11) is 6.22. The monoisotopic (exact) mass is 267 g/mol. The summed E-state index contributed by atoms with van der Waals surface area (Å²) < 4.78 is 13.0. The van der Waals surface area contributed by atoms with Gasteiger partial charge in [-0.1, -0.05) is 12.1 Å². The fourth-order valence-electron chi connectivity index (χ4n) is 2.39. The molecule has 0 saturated carbocycles. The summed E-state index contributed by atoms with van der Waals surface area (Å²) in [4.78, 5) is 4.42. The third kappa shape index (κ3) is 5.27. The molecule has 0 spiro atoms. The summed E-state index contributed by atoms with van der Waals surface area (Å²) >= 11 is 0. The van der Waals surface area contributed by atoms with Crippen molar-refractivity contribution in [3.8, 4) is 0 Å². The standard InChI is InChI=1S/C15H26FN3/c1-12(17)15(13-6-8-14(16)9-7-13)19(4)11-5-10-18(2)3/h6-9,12,15H,5,10-11,17H2,1-4H3. The molecule has 0 saturated heterocycles. The normalized spacial score (nSPS) is 14.9. The third-order valence-corrected chi connectivity index (χ3v) is 3.30. The van der Waals surface area contributed by atoms with E-state index in [-0.39, 0.29) is 17.9 Å². The molecule has 0 aliphatic heterocycles. The third-order valence-electron chi connectivity index (χ3n) is 3.30. The second-order valence-electron chi connectivity index (χ2n) is 5.49. The zero-order valence-electron chi connectivity index (χ0n) is 12.4. The van der Waals surface area contributed by atoms with Crippen molar-refractivity contribution in [1.82, 2.24) is 9.80 Å². The number of rotatable bonds is 7. The number of hydrogen-bond donors (Lipinski definition) is 1. The van der Waals surface area contributed by atoms with Gasteiger partial charge in [0.25, 0.3) is 0 Å². The lowest BCUT2D eigenvalue weighted by Crippen LogP contribution is -2.38. The van der Waals surface area contributed by atoms with Gasteiger partial charge in [0.1, 0.15) is 5.82 Å². The fourth-order valence-corrected chi connectivity index (χ4v) is 2.39. The van der Waals surface area contributed by atoms with Gasteiger partial charge in [0.05, 0.1) is 0 Å². The Morgan fingerprint density at radius 1 is 1.11 bits per heavy atom. The largest absolute Gasteiger partial charge is 0.326 e. The lowest BCUT2D eigenvalue weighted by atomic mass is 9.99. The number of halogens is 1. The minimum absolute atomic E-state index is 0.00909. The van der Waals surface area contributed by atoms with E-state index in [0.717, 1.165) is 25.1 Å². The molecule has 1 aromatic rings. The number of hydrogen-bond acceptors (Lipinski definition) is 3. The van der Waals surface area contributed by atoms with Crippen molar-refractivity contribution >= 4 is 0 Å². The van der Waals surface area contributed by atoms with Crippen LogP contribution in [-0.2, 0) is 0 Å². The summed E-state index contributed by atoms with van der Waals surface area (Å²) in [5.74, 6) is -0.206. The first-order valence-corrected chi connectivity index (χ1v) is 6.78. The quantitative estimate of drug-likeness (QED) is 0.821. The van der Waals surface area contributed by atoms with E-state index in [1.54, 1.807) is 0 Å². The molecule has 0 aliphatic rings. The van der Waals surface area contributed by atoms with Crippen LogP contribution in [0.5, 0.6) is 0 Å². The maximum absolute atomic E-state index is 13.0. The van der Waals surface area contributed by atoms with Crippen molar-refractivity contribution in [1.29, 1.82) is 0 Å². The Balaban J connectivity index is 2.68. The Morgan fingerprint density at radius 2 is 1.68 bits per heavy atom. The maximum Gasteiger partial charge on any atom is 0.123 e. The van der Waals surface area contributed by atoms with Gasteiger partial charge in [-0.2, -0.15) is 0 Å². The molecule has 4 heteroatoms. The first kappa shape index (κ1) is 16.1. The molecular weight excluding hydrogens is 241 g/mol. The predicted molar refractivity (Wildman–Crippen MR) is 78.6 cm³/mol. The SMILES string of the molecule is CC(N)C(c1ccc(F)cc1)N(C)CCCN(C)C. The topological polar surface area (TPSA) is 32.5 Å². The Hall–Kier alpha value is -0.970. The van der Waals surface area contributed by atoms with Crippen molar-refractivity contribution in [2.24, 2.45) is 5.73 Å². The van der Waals surface area contributed by atoms with Gasteiger partial charge >= 0.3 is 0 Å². The van der Waals surface area contributed by atoms with Gasteiger partial charge in [-0.15, -0.1) is 0 Å². The highest BCUT2D eigenvalue weighted by atomic mass is 19.1. The maximum atomic E-state index is 13.0. The minimum Gasteiger partial charge on any atom is -0.326 e. The zero-order chi connectivity index (χ0) is 14.4. The van der Waals surface area contributed by atoms with E-state index < -0.39 is 0 Å². The molecule has 2 atom stereocenters. The van der Waals surface area contributed by atoms with E-state index in [1.807, 2.05) is 19.1 Å². The molecule has 0 heterocycles. The van der Waals surface area contributed by atoms with Crippen molar-refractivity contribution in [2.45, 2.75) is 25.4 Å². The molecule has 0 aromatic heterocycles. The van der Waals surface area contributed by atoms with Crippen molar-refractivity contribution in [2.75, 3.05) is 34.2 Å². The van der Waals surface area contributed by atoms with Crippen LogP contribution in [0.25, 0.3) is 0 Å². The van der Waals surface area contributed by atoms with Crippen LogP contribution in [0.2, 0.25) is 0 Å². The number of nitrogens with zero attached hydrogens (tertiary/aromatic N) is 2. The number of nitrogens with two attached hydrogens (primary N) is 1. The molecule has 1 rings (SSSR count). The summed E-state index contributed by atoms with van der Waals surface area (Å²) in [6, 6.07) is 6.78. The van der Waals surface area contributed by atoms with Crippen molar-refractivity contribution in [3.05, 3.63) is 35.6 Å². The van der Waals surface area contributed by atoms with Gasteiger partial charge in [0.15, 0.2) is 0 Å². The smallest absolute Gasteiger partial charge is 0.123 e. The van der Waals surface area contributed by atoms with Crippen molar-refractivity contribution in [3.63, 3.8) is 0 Å². The molecule has 1 aromatic carbocycles. The molecule has 0 radical (unpaired) electrons. The number of likely N-dealkylation sites (N-methyl/N-ethyl adjacent to an activating group) is 1. The highest BCUT2D eigenvalue weighted by molar-refractivity contribution is 5.21. The van der Waals surface area contributed by atoms with Crippen molar-refractivity contribution < 1.29 is 4.39 Å². The Labute approximate surface area is 116 Å². The van der Waals surface area contributed by atoms with E-state index in [0.29, 0.717) is 0 Å². The summed E-state index contributed by atoms with van der Waals surface area (Å²) in [6.45, 7) is 4.03. The summed E-state index contributed by atoms with van der Waals surface area (Å²) in [5, 5.41) is 0. The lowest BCUT2D eigenvalue weighted by Gasteiger charge is -2.31. The predicted octanol–water partition coefficient (Wildman–Crippen LogP) is 2.10. The second kappa shape index (κ2) is 7.58. The summed E-state index contributed by atoms with van der Waals surface area (Å²) in [6.07, 6.45) is 1.09. The van der Waals surface area contributed by atoms with E-state index in [2.05, 4.69) is 30.9 Å². The molecule has 0 amide bonds. The van der Waals surface area contributed by atoms with E-state index in [1.165, 1.54) is 12.1 Å². The second-order valence-corrected chi connectivity index (χ2v) is 5.49. The van der Waals surface area contributed by atoms with Gasteiger partial charge in [-0.05, 0) is 65.3 Å². The number of benzene rings is 1. The zero-order valence-corrected chi connectivity index (χ0v) is 12.4. The highest BCUT2D eigenvalue weighted by Crippen LogP contribution is 2.22. The van der Waals surface area contributed by atoms with E-state index in [4.69, 9.17) is 5.73 Å². The van der Waals surface area contributed by atoms with E-state index >= 15 is 0 Å². The van der Waals surface area contributed by atoms with Crippen LogP contribution >= 0.6 is 0 Å². The molecule has 0 fully saturated rings. The molecule has 2 N–H and O–H groups in total. The van der Waals surface area contributed by atoms with Gasteiger partial charge in [-0.3, -0.25) is 4.90 Å². The fraction of sp³-hybridized carbons (Fsp3) is 0.600. The lowest BCUT2D eigenvalue weighted by molar-refractivity contribution is 0.208. The molecular formula is C15H26FN3. The van der Waals surface area contributed by atoms with Crippen LogP contribution in [-0.4, -0.2) is 50.1 Å². The van der Waals surface area contributed by atoms with E-state index in [9.17, 15) is 4.39 Å². The molecule has 3 nitrogen and oxygen atoms in total. The van der Waals surface area contributed by atoms with Crippen LogP contribution in [0.15, 0.2) is 24.3 Å². The van der Waals surface area contributed by atoms with Gasteiger partial charge < -0.3 is 10.6 Å². The Bertz CT molecular complexity index is 362. The Morgan fingerprint density at radius 3 is 2.16 bits per heavy atom. The van der Waals surface area contributed by atoms with Crippen LogP contribution in [0.4, 0.5) is 4.39 Å². The van der Waals surface area contributed by atoms with Gasteiger partial charge in [0, 0.05) is 12.1 Å². The Kier molecular flexibility index (Phi) is 6.42. The average Bonchev–Trinajstić information content (AvgIpc) is 2.31. The molecule has 108 valence electrons. The first-order chi connectivity index (χ1) is 8.91.